The van der Waals surface area contributed by atoms with Gasteiger partial charge in [0.2, 0.25) is 5.91 Å². The molecular formula is C23H32N2O3. The normalized spacial score (nSPS) is 10.9. The monoisotopic (exact) mass is 384 g/mol. The molecular weight excluding hydrogens is 352 g/mol. The fourth-order valence-corrected chi connectivity index (χ4v) is 3.16. The number of carbonyl (C=O) groups excluding carboxylic acids is 1. The summed E-state index contributed by atoms with van der Waals surface area (Å²) in [5.41, 5.74) is 4.10. The van der Waals surface area contributed by atoms with Crippen molar-refractivity contribution in [3.05, 3.63) is 47.5 Å². The molecule has 0 radical (unpaired) electrons. The number of rotatable bonds is 9. The number of amides is 1. The molecule has 0 fully saturated rings. The van der Waals surface area contributed by atoms with Crippen molar-refractivity contribution in [3.8, 4) is 11.5 Å². The Labute approximate surface area is 168 Å². The third-order valence-electron chi connectivity index (χ3n) is 4.71. The van der Waals surface area contributed by atoms with Crippen molar-refractivity contribution in [1.82, 2.24) is 0 Å². The van der Waals surface area contributed by atoms with Crippen LogP contribution >= 0.6 is 0 Å². The van der Waals surface area contributed by atoms with Gasteiger partial charge in [0.05, 0.1) is 19.9 Å². The third-order valence-corrected chi connectivity index (χ3v) is 4.71. The highest BCUT2D eigenvalue weighted by atomic mass is 16.5. The summed E-state index contributed by atoms with van der Waals surface area (Å²) < 4.78 is 10.6. The molecule has 0 saturated carbocycles. The molecule has 0 aliphatic heterocycles. The zero-order valence-electron chi connectivity index (χ0n) is 17.8. The van der Waals surface area contributed by atoms with Gasteiger partial charge >= 0.3 is 0 Å². The maximum absolute atomic E-state index is 12.6. The van der Waals surface area contributed by atoms with E-state index in [0.29, 0.717) is 30.6 Å². The van der Waals surface area contributed by atoms with Crippen molar-refractivity contribution in [2.75, 3.05) is 31.4 Å². The van der Waals surface area contributed by atoms with Crippen LogP contribution in [-0.2, 0) is 4.79 Å². The summed E-state index contributed by atoms with van der Waals surface area (Å²) in [5, 5.41) is 6.41. The Bertz CT molecular complexity index is 774. The van der Waals surface area contributed by atoms with E-state index in [1.54, 1.807) is 14.2 Å². The van der Waals surface area contributed by atoms with Gasteiger partial charge in [-0.05, 0) is 35.1 Å². The summed E-state index contributed by atoms with van der Waals surface area (Å²) in [6, 6.07) is 11.8. The summed E-state index contributed by atoms with van der Waals surface area (Å²) in [6.07, 6.45) is 0.352. The van der Waals surface area contributed by atoms with E-state index in [4.69, 9.17) is 9.47 Å². The number of benzene rings is 2. The predicted molar refractivity (Wildman–Crippen MR) is 116 cm³/mol. The van der Waals surface area contributed by atoms with Crippen LogP contribution in [0.3, 0.4) is 0 Å². The molecule has 0 spiro atoms. The summed E-state index contributed by atoms with van der Waals surface area (Å²) in [6.45, 7) is 9.07. The van der Waals surface area contributed by atoms with Gasteiger partial charge in [0.15, 0.2) is 0 Å². The van der Waals surface area contributed by atoms with Crippen LogP contribution in [0, 0.1) is 0 Å². The number of para-hydroxylation sites is 1. The van der Waals surface area contributed by atoms with Crippen molar-refractivity contribution in [1.29, 1.82) is 0 Å². The van der Waals surface area contributed by atoms with E-state index in [1.165, 1.54) is 11.1 Å². The van der Waals surface area contributed by atoms with E-state index in [2.05, 4.69) is 56.5 Å². The van der Waals surface area contributed by atoms with Gasteiger partial charge in [0.25, 0.3) is 0 Å². The lowest BCUT2D eigenvalue weighted by molar-refractivity contribution is -0.116. The average Bonchev–Trinajstić information content (AvgIpc) is 2.67. The largest absolute Gasteiger partial charge is 0.497 e. The van der Waals surface area contributed by atoms with E-state index < -0.39 is 0 Å². The Balaban J connectivity index is 2.06. The first-order valence-corrected chi connectivity index (χ1v) is 9.75. The van der Waals surface area contributed by atoms with E-state index in [1.807, 2.05) is 18.2 Å². The Morgan fingerprint density at radius 3 is 2.14 bits per heavy atom. The lowest BCUT2D eigenvalue weighted by Gasteiger charge is -2.20. The molecule has 0 atom stereocenters. The Morgan fingerprint density at radius 2 is 1.61 bits per heavy atom. The van der Waals surface area contributed by atoms with Crippen LogP contribution in [0.2, 0.25) is 0 Å². The van der Waals surface area contributed by atoms with E-state index in [-0.39, 0.29) is 5.91 Å². The highest BCUT2D eigenvalue weighted by molar-refractivity contribution is 5.93. The molecule has 28 heavy (non-hydrogen) atoms. The number of methoxy groups -OCH3 is 2. The molecule has 0 aromatic heterocycles. The zero-order valence-corrected chi connectivity index (χ0v) is 17.8. The van der Waals surface area contributed by atoms with Gasteiger partial charge in [-0.1, -0.05) is 45.9 Å². The minimum Gasteiger partial charge on any atom is -0.497 e. The quantitative estimate of drug-likeness (QED) is 0.608. The molecule has 2 N–H and O–H groups in total. The molecule has 152 valence electrons. The van der Waals surface area contributed by atoms with Gasteiger partial charge in [0, 0.05) is 24.7 Å². The highest BCUT2D eigenvalue weighted by Gasteiger charge is 2.16. The first-order chi connectivity index (χ1) is 13.4. The predicted octanol–water partition coefficient (Wildman–Crippen LogP) is 5.39. The Morgan fingerprint density at radius 1 is 0.964 bits per heavy atom. The standard InChI is InChI=1S/C23H32N2O3/c1-15(2)18-8-7-9-19(16(3)4)23(18)25-22(26)12-13-24-20-14-17(27-5)10-11-21(20)28-6/h7-11,14-16,24H,12-13H2,1-6H3,(H,25,26). The molecule has 0 aliphatic rings. The molecule has 2 rings (SSSR count). The maximum Gasteiger partial charge on any atom is 0.226 e. The number of nitrogens with one attached hydrogen (secondary N) is 2. The van der Waals surface area contributed by atoms with Gasteiger partial charge in [-0.15, -0.1) is 0 Å². The van der Waals surface area contributed by atoms with Gasteiger partial charge in [-0.3, -0.25) is 4.79 Å². The van der Waals surface area contributed by atoms with Crippen LogP contribution < -0.4 is 20.1 Å². The topological polar surface area (TPSA) is 59.6 Å². The Kier molecular flexibility index (Phi) is 7.73. The van der Waals surface area contributed by atoms with Crippen molar-refractivity contribution in [3.63, 3.8) is 0 Å². The first-order valence-electron chi connectivity index (χ1n) is 9.75. The first kappa shape index (κ1) is 21.6. The van der Waals surface area contributed by atoms with Crippen LogP contribution in [0.5, 0.6) is 11.5 Å². The summed E-state index contributed by atoms with van der Waals surface area (Å²) in [5.74, 6) is 2.12. The highest BCUT2D eigenvalue weighted by Crippen LogP contribution is 2.32. The number of hydrogen-bond donors (Lipinski definition) is 2. The van der Waals surface area contributed by atoms with Crippen LogP contribution in [0.4, 0.5) is 11.4 Å². The smallest absolute Gasteiger partial charge is 0.226 e. The molecule has 5 heteroatoms. The van der Waals surface area contributed by atoms with E-state index in [0.717, 1.165) is 17.1 Å². The third kappa shape index (κ3) is 5.41. The fraction of sp³-hybridized carbons (Fsp3) is 0.435. The fourth-order valence-electron chi connectivity index (χ4n) is 3.16. The zero-order chi connectivity index (χ0) is 20.7. The van der Waals surface area contributed by atoms with Crippen molar-refractivity contribution >= 4 is 17.3 Å². The van der Waals surface area contributed by atoms with Crippen LogP contribution in [0.1, 0.15) is 57.1 Å². The van der Waals surface area contributed by atoms with Crippen molar-refractivity contribution in [2.45, 2.75) is 46.0 Å². The molecule has 0 unspecified atom stereocenters. The number of anilines is 2. The lowest BCUT2D eigenvalue weighted by Crippen LogP contribution is -2.19. The minimum atomic E-state index is -0.00985. The molecule has 0 heterocycles. The van der Waals surface area contributed by atoms with Crippen LogP contribution in [0.15, 0.2) is 36.4 Å². The molecule has 0 saturated heterocycles. The SMILES string of the molecule is COc1ccc(OC)c(NCCC(=O)Nc2c(C(C)C)cccc2C(C)C)c1. The summed E-state index contributed by atoms with van der Waals surface area (Å²) in [4.78, 5) is 12.6. The van der Waals surface area contributed by atoms with Gasteiger partial charge in [-0.25, -0.2) is 0 Å². The van der Waals surface area contributed by atoms with Gasteiger partial charge in [0.1, 0.15) is 11.5 Å². The van der Waals surface area contributed by atoms with Gasteiger partial charge in [-0.2, -0.15) is 0 Å². The molecule has 1 amide bonds. The average molecular weight is 385 g/mol. The lowest BCUT2D eigenvalue weighted by atomic mass is 9.92. The van der Waals surface area contributed by atoms with E-state index >= 15 is 0 Å². The molecule has 5 nitrogen and oxygen atoms in total. The Hall–Kier alpha value is -2.69. The molecule has 2 aromatic rings. The number of ether oxygens (including phenoxy) is 2. The second kappa shape index (κ2) is 10.0. The second-order valence-corrected chi connectivity index (χ2v) is 7.41. The van der Waals surface area contributed by atoms with Crippen molar-refractivity contribution in [2.24, 2.45) is 0 Å². The number of carbonyl (C=O) groups is 1. The molecule has 0 bridgehead atoms. The molecule has 0 aliphatic carbocycles. The van der Waals surface area contributed by atoms with Crippen molar-refractivity contribution < 1.29 is 14.3 Å². The molecule has 2 aromatic carbocycles. The second-order valence-electron chi connectivity index (χ2n) is 7.41. The summed E-state index contributed by atoms with van der Waals surface area (Å²) in [7, 11) is 3.24. The minimum absolute atomic E-state index is 0.00985. The van der Waals surface area contributed by atoms with E-state index in [9.17, 15) is 4.79 Å². The van der Waals surface area contributed by atoms with Crippen LogP contribution in [-0.4, -0.2) is 26.7 Å². The number of hydrogen-bond acceptors (Lipinski definition) is 4. The maximum atomic E-state index is 12.6. The van der Waals surface area contributed by atoms with Crippen LogP contribution in [0.25, 0.3) is 0 Å². The summed E-state index contributed by atoms with van der Waals surface area (Å²) >= 11 is 0. The van der Waals surface area contributed by atoms with Gasteiger partial charge < -0.3 is 20.1 Å².